The van der Waals surface area contributed by atoms with Gasteiger partial charge in [-0.15, -0.1) is 0 Å². The summed E-state index contributed by atoms with van der Waals surface area (Å²) in [5.41, 5.74) is 0.914. The smallest absolute Gasteiger partial charge is 0.315 e. The summed E-state index contributed by atoms with van der Waals surface area (Å²) in [4.78, 5) is 14.6. The molecular formula is C18H29N3O2. The number of benzene rings is 1. The van der Waals surface area contributed by atoms with Crippen molar-refractivity contribution in [3.05, 3.63) is 35.9 Å². The summed E-state index contributed by atoms with van der Waals surface area (Å²) in [5.74, 6) is 0.680. The first-order valence-corrected chi connectivity index (χ1v) is 8.53. The molecule has 3 N–H and O–H groups in total. The Bertz CT molecular complexity index is 470. The van der Waals surface area contributed by atoms with E-state index in [1.807, 2.05) is 30.3 Å². The van der Waals surface area contributed by atoms with Crippen LogP contribution in [-0.4, -0.2) is 48.3 Å². The number of carbonyl (C=O) groups is 1. The van der Waals surface area contributed by atoms with Crippen molar-refractivity contribution in [1.82, 2.24) is 15.5 Å². The molecule has 0 spiro atoms. The topological polar surface area (TPSA) is 64.6 Å². The van der Waals surface area contributed by atoms with Gasteiger partial charge in [0.1, 0.15) is 0 Å². The van der Waals surface area contributed by atoms with Crippen LogP contribution in [0.1, 0.15) is 38.3 Å². The lowest BCUT2D eigenvalue weighted by Gasteiger charge is -2.33. The van der Waals surface area contributed by atoms with Crippen LogP contribution in [0.15, 0.2) is 30.3 Å². The maximum atomic E-state index is 12.2. The fourth-order valence-electron chi connectivity index (χ4n) is 3.08. The van der Waals surface area contributed by atoms with E-state index in [2.05, 4.69) is 29.4 Å². The van der Waals surface area contributed by atoms with E-state index in [1.165, 1.54) is 0 Å². The Hall–Kier alpha value is -1.59. The molecule has 1 fully saturated rings. The summed E-state index contributed by atoms with van der Waals surface area (Å²) < 4.78 is 0. The van der Waals surface area contributed by atoms with Crippen molar-refractivity contribution < 1.29 is 9.90 Å². The molecule has 0 aromatic heterocycles. The molecule has 0 aliphatic carbocycles. The summed E-state index contributed by atoms with van der Waals surface area (Å²) in [6, 6.07) is 9.20. The molecule has 2 rings (SSSR count). The molecule has 5 nitrogen and oxygen atoms in total. The van der Waals surface area contributed by atoms with E-state index < -0.39 is 0 Å². The van der Waals surface area contributed by atoms with Gasteiger partial charge in [0.15, 0.2) is 0 Å². The van der Waals surface area contributed by atoms with Crippen molar-refractivity contribution in [2.75, 3.05) is 26.2 Å². The van der Waals surface area contributed by atoms with Crippen LogP contribution in [0.2, 0.25) is 0 Å². The molecule has 0 radical (unpaired) electrons. The van der Waals surface area contributed by atoms with Crippen LogP contribution in [0.5, 0.6) is 0 Å². The third kappa shape index (κ3) is 5.84. The number of nitrogens with zero attached hydrogens (tertiary/aromatic N) is 1. The van der Waals surface area contributed by atoms with Crippen molar-refractivity contribution >= 4 is 6.03 Å². The highest BCUT2D eigenvalue weighted by Crippen LogP contribution is 2.14. The molecule has 0 unspecified atom stereocenters. The first-order chi connectivity index (χ1) is 11.1. The second kappa shape index (κ2) is 8.89. The summed E-state index contributed by atoms with van der Waals surface area (Å²) in [6.07, 6.45) is 1.96. The molecule has 23 heavy (non-hydrogen) atoms. The van der Waals surface area contributed by atoms with Crippen LogP contribution in [0.25, 0.3) is 0 Å². The second-order valence-electron chi connectivity index (χ2n) is 6.73. The lowest BCUT2D eigenvalue weighted by molar-refractivity contribution is 0.175. The zero-order valence-corrected chi connectivity index (χ0v) is 14.2. The number of nitrogens with one attached hydrogen (secondary N) is 2. The third-order valence-electron chi connectivity index (χ3n) is 4.24. The van der Waals surface area contributed by atoms with E-state index in [0.29, 0.717) is 5.92 Å². The van der Waals surface area contributed by atoms with E-state index >= 15 is 0 Å². The number of amides is 2. The highest BCUT2D eigenvalue weighted by atomic mass is 16.3. The van der Waals surface area contributed by atoms with Crippen LogP contribution in [0, 0.1) is 5.92 Å². The number of hydrogen-bond acceptors (Lipinski definition) is 3. The molecule has 0 saturated carbocycles. The Morgan fingerprint density at radius 2 is 1.91 bits per heavy atom. The molecule has 128 valence electrons. The lowest BCUT2D eigenvalue weighted by Crippen LogP contribution is -2.49. The van der Waals surface area contributed by atoms with E-state index in [4.69, 9.17) is 0 Å². The predicted molar refractivity (Wildman–Crippen MR) is 92.2 cm³/mol. The van der Waals surface area contributed by atoms with Crippen molar-refractivity contribution in [3.8, 4) is 0 Å². The van der Waals surface area contributed by atoms with E-state index in [0.717, 1.165) is 38.0 Å². The Kier molecular flexibility index (Phi) is 6.86. The predicted octanol–water partition coefficient (Wildman–Crippen LogP) is 2.14. The molecule has 1 heterocycles. The highest BCUT2D eigenvalue weighted by Gasteiger charge is 2.22. The van der Waals surface area contributed by atoms with Crippen molar-refractivity contribution in [1.29, 1.82) is 0 Å². The number of urea groups is 1. The standard InChI is InChI=1S/C18H29N3O2/c1-14(2)12-21-10-8-16(9-11-21)19-18(23)20-17(13-22)15-6-4-3-5-7-15/h3-7,14,16-17,22H,8-13H2,1-2H3,(H2,19,20,23)/t17-/m1/s1. The van der Waals surface area contributed by atoms with Gasteiger partial charge in [0, 0.05) is 25.7 Å². The van der Waals surface area contributed by atoms with Gasteiger partial charge in [-0.1, -0.05) is 44.2 Å². The largest absolute Gasteiger partial charge is 0.394 e. The Labute approximate surface area is 139 Å². The molecule has 1 saturated heterocycles. The minimum absolute atomic E-state index is 0.107. The molecule has 0 bridgehead atoms. The zero-order valence-electron chi connectivity index (χ0n) is 14.2. The number of piperidine rings is 1. The summed E-state index contributed by atoms with van der Waals surface area (Å²) in [7, 11) is 0. The third-order valence-corrected chi connectivity index (χ3v) is 4.24. The van der Waals surface area contributed by atoms with Gasteiger partial charge in [0.25, 0.3) is 0 Å². The average molecular weight is 319 g/mol. The van der Waals surface area contributed by atoms with Crippen LogP contribution in [0.3, 0.4) is 0 Å². The van der Waals surface area contributed by atoms with Crippen LogP contribution >= 0.6 is 0 Å². The van der Waals surface area contributed by atoms with E-state index in [9.17, 15) is 9.90 Å². The fraction of sp³-hybridized carbons (Fsp3) is 0.611. The second-order valence-corrected chi connectivity index (χ2v) is 6.73. The molecule has 1 aromatic carbocycles. The quantitative estimate of drug-likeness (QED) is 0.753. The van der Waals surface area contributed by atoms with Gasteiger partial charge < -0.3 is 20.6 Å². The number of carbonyl (C=O) groups excluding carboxylic acids is 1. The Morgan fingerprint density at radius 1 is 1.26 bits per heavy atom. The fourth-order valence-corrected chi connectivity index (χ4v) is 3.08. The van der Waals surface area contributed by atoms with Gasteiger partial charge in [-0.2, -0.15) is 0 Å². The molecule has 1 aliphatic heterocycles. The van der Waals surface area contributed by atoms with Gasteiger partial charge >= 0.3 is 6.03 Å². The van der Waals surface area contributed by atoms with Gasteiger partial charge in [-0.05, 0) is 24.3 Å². The average Bonchev–Trinajstić information content (AvgIpc) is 2.55. The summed E-state index contributed by atoms with van der Waals surface area (Å²) in [6.45, 7) is 7.55. The lowest BCUT2D eigenvalue weighted by atomic mass is 10.0. The van der Waals surface area contributed by atoms with Crippen molar-refractivity contribution in [2.45, 2.75) is 38.8 Å². The Morgan fingerprint density at radius 3 is 2.48 bits per heavy atom. The van der Waals surface area contributed by atoms with Crippen LogP contribution < -0.4 is 10.6 Å². The minimum atomic E-state index is -0.364. The molecular weight excluding hydrogens is 290 g/mol. The van der Waals surface area contributed by atoms with E-state index in [-0.39, 0.29) is 24.7 Å². The normalized spacial score (nSPS) is 17.9. The van der Waals surface area contributed by atoms with Gasteiger partial charge in [0.05, 0.1) is 12.6 Å². The number of likely N-dealkylation sites (tertiary alicyclic amines) is 1. The minimum Gasteiger partial charge on any atom is -0.394 e. The first kappa shape index (κ1) is 17.8. The number of aliphatic hydroxyl groups excluding tert-OH is 1. The molecule has 1 aromatic rings. The monoisotopic (exact) mass is 319 g/mol. The van der Waals surface area contributed by atoms with Crippen LogP contribution in [-0.2, 0) is 0 Å². The Balaban J connectivity index is 1.77. The molecule has 1 aliphatic rings. The van der Waals surface area contributed by atoms with Gasteiger partial charge in [-0.25, -0.2) is 4.79 Å². The number of rotatable bonds is 6. The molecule has 5 heteroatoms. The summed E-state index contributed by atoms with van der Waals surface area (Å²) in [5, 5.41) is 15.4. The number of hydrogen-bond donors (Lipinski definition) is 3. The van der Waals surface area contributed by atoms with Gasteiger partial charge in [-0.3, -0.25) is 0 Å². The van der Waals surface area contributed by atoms with Gasteiger partial charge in [0.2, 0.25) is 0 Å². The molecule has 1 atom stereocenters. The SMILES string of the molecule is CC(C)CN1CCC(NC(=O)N[C@H](CO)c2ccccc2)CC1. The highest BCUT2D eigenvalue weighted by molar-refractivity contribution is 5.74. The first-order valence-electron chi connectivity index (χ1n) is 8.53. The maximum Gasteiger partial charge on any atom is 0.315 e. The van der Waals surface area contributed by atoms with Crippen LogP contribution in [0.4, 0.5) is 4.79 Å². The van der Waals surface area contributed by atoms with E-state index in [1.54, 1.807) is 0 Å². The zero-order chi connectivity index (χ0) is 16.7. The summed E-state index contributed by atoms with van der Waals surface area (Å²) >= 11 is 0. The van der Waals surface area contributed by atoms with Crippen molar-refractivity contribution in [2.24, 2.45) is 5.92 Å². The molecule has 2 amide bonds. The number of aliphatic hydroxyl groups is 1. The van der Waals surface area contributed by atoms with Crippen molar-refractivity contribution in [3.63, 3.8) is 0 Å². The maximum absolute atomic E-state index is 12.2.